The molecule has 0 heterocycles. The van der Waals surface area contributed by atoms with E-state index in [1.807, 2.05) is 0 Å². The zero-order chi connectivity index (χ0) is 33.4. The van der Waals surface area contributed by atoms with Gasteiger partial charge in [0, 0.05) is 39.0 Å². The molecule has 2 N–H and O–H groups in total. The zero-order valence-electron chi connectivity index (χ0n) is 24.3. The molecule has 4 rings (SSSR count). The smallest absolute Gasteiger partial charge is 0.343 e. The molecule has 0 aromatic heterocycles. The van der Waals surface area contributed by atoms with Gasteiger partial charge in [-0.25, -0.2) is 10.2 Å². The van der Waals surface area contributed by atoms with Crippen LogP contribution in [0.15, 0.2) is 86.8 Å². The van der Waals surface area contributed by atoms with Crippen LogP contribution in [-0.2, 0) is 0 Å². The van der Waals surface area contributed by atoms with Crippen LogP contribution in [0.1, 0.15) is 36.6 Å². The van der Waals surface area contributed by atoms with E-state index in [9.17, 15) is 24.5 Å². The highest BCUT2D eigenvalue weighted by atomic mass is 79.9. The fraction of sp³-hybridized carbons (Fsp3) is 0.0968. The second-order valence-electron chi connectivity index (χ2n) is 9.15. The number of anilines is 1. The van der Waals surface area contributed by atoms with E-state index in [1.54, 1.807) is 24.3 Å². The van der Waals surface area contributed by atoms with Crippen molar-refractivity contribution in [2.45, 2.75) is 0 Å². The van der Waals surface area contributed by atoms with Crippen molar-refractivity contribution in [3.05, 3.63) is 114 Å². The van der Waals surface area contributed by atoms with Gasteiger partial charge < -0.3 is 24.3 Å². The largest absolute Gasteiger partial charge is 0.493 e. The van der Waals surface area contributed by atoms with Crippen LogP contribution in [-0.4, -0.2) is 50.3 Å². The van der Waals surface area contributed by atoms with Gasteiger partial charge in [-0.3, -0.25) is 19.7 Å². The molecule has 13 nitrogen and oxygen atoms in total. The summed E-state index contributed by atoms with van der Waals surface area (Å²) in [5.41, 5.74) is 3.42. The van der Waals surface area contributed by atoms with Crippen LogP contribution in [0.4, 0.5) is 11.4 Å². The lowest BCUT2D eigenvalue weighted by Crippen LogP contribution is -2.18. The Morgan fingerprint density at radius 1 is 0.804 bits per heavy atom. The van der Waals surface area contributed by atoms with Gasteiger partial charge in [0.25, 0.3) is 17.5 Å². The molecule has 0 atom stereocenters. The van der Waals surface area contributed by atoms with E-state index in [0.717, 1.165) is 0 Å². The number of carbonyl (C=O) groups is 3. The SMILES string of the molecule is COc1cc(C(=O)Nc2cccc(C(=O)NN=Cc3cc(Br)cc(Br)c3OC(=O)c3ccc([N+](=O)[O-])cc3)c2)cc(OC)c1OC. The molecule has 0 bridgehead atoms. The Morgan fingerprint density at radius 2 is 1.48 bits per heavy atom. The number of methoxy groups -OCH3 is 3. The van der Waals surface area contributed by atoms with Crippen molar-refractivity contribution in [3.8, 4) is 23.0 Å². The number of nitrogens with one attached hydrogen (secondary N) is 2. The molecule has 0 radical (unpaired) electrons. The number of esters is 1. The summed E-state index contributed by atoms with van der Waals surface area (Å²) >= 11 is 6.72. The molecule has 46 heavy (non-hydrogen) atoms. The van der Waals surface area contributed by atoms with Crippen molar-refractivity contribution in [1.82, 2.24) is 5.43 Å². The van der Waals surface area contributed by atoms with Gasteiger partial charge in [0.2, 0.25) is 5.75 Å². The van der Waals surface area contributed by atoms with E-state index >= 15 is 0 Å². The van der Waals surface area contributed by atoms with Crippen molar-refractivity contribution in [3.63, 3.8) is 0 Å². The molecule has 0 saturated heterocycles. The first-order chi connectivity index (χ1) is 22.0. The molecular weight excluding hydrogens is 732 g/mol. The average Bonchev–Trinajstić information content (AvgIpc) is 3.05. The first-order valence-corrected chi connectivity index (χ1v) is 14.6. The number of nitro groups is 1. The maximum Gasteiger partial charge on any atom is 0.343 e. The Bertz CT molecular complexity index is 1820. The van der Waals surface area contributed by atoms with Crippen molar-refractivity contribution < 1.29 is 38.3 Å². The van der Waals surface area contributed by atoms with Crippen LogP contribution < -0.4 is 29.7 Å². The summed E-state index contributed by atoms with van der Waals surface area (Å²) in [6.45, 7) is 0. The molecule has 0 spiro atoms. The Hall–Kier alpha value is -5.28. The minimum absolute atomic E-state index is 0.0915. The molecule has 0 aliphatic heterocycles. The second kappa shape index (κ2) is 15.1. The van der Waals surface area contributed by atoms with Gasteiger partial charge >= 0.3 is 5.97 Å². The molecule has 15 heteroatoms. The van der Waals surface area contributed by atoms with E-state index < -0.39 is 22.7 Å². The van der Waals surface area contributed by atoms with E-state index in [2.05, 4.69) is 47.7 Å². The summed E-state index contributed by atoms with van der Waals surface area (Å²) in [5, 5.41) is 17.6. The minimum atomic E-state index is -0.762. The molecule has 0 aliphatic carbocycles. The number of hydrogen-bond acceptors (Lipinski definition) is 10. The monoisotopic (exact) mass is 754 g/mol. The van der Waals surface area contributed by atoms with Crippen LogP contribution in [0.5, 0.6) is 23.0 Å². The Morgan fingerprint density at radius 3 is 2.09 bits per heavy atom. The molecular formula is C31H24Br2N4O9. The van der Waals surface area contributed by atoms with Crippen LogP contribution in [0, 0.1) is 10.1 Å². The molecule has 0 unspecified atom stereocenters. The third-order valence-electron chi connectivity index (χ3n) is 6.22. The molecule has 4 aromatic carbocycles. The van der Waals surface area contributed by atoms with Gasteiger partial charge in [0.1, 0.15) is 0 Å². The Kier molecular flexibility index (Phi) is 11.1. The number of nitrogens with zero attached hydrogens (tertiary/aromatic N) is 2. The highest BCUT2D eigenvalue weighted by Crippen LogP contribution is 2.38. The Balaban J connectivity index is 1.47. The standard InChI is InChI=1S/C31H24Br2N4O9/c1-43-25-13-19(14-26(44-2)28(25)45-3)29(38)35-22-6-4-5-18(12-22)30(39)36-34-16-20-11-21(32)15-24(33)27(20)46-31(40)17-7-9-23(10-8-17)37(41)42/h4-16H,1-3H3,(H,35,38)(H,36,39). The Labute approximate surface area is 278 Å². The lowest BCUT2D eigenvalue weighted by atomic mass is 10.1. The molecule has 0 aliphatic rings. The van der Waals surface area contributed by atoms with Gasteiger partial charge in [0.15, 0.2) is 17.2 Å². The third kappa shape index (κ3) is 8.05. The molecule has 0 saturated carbocycles. The zero-order valence-corrected chi connectivity index (χ0v) is 27.5. The van der Waals surface area contributed by atoms with E-state index in [-0.39, 0.29) is 28.1 Å². The number of ether oxygens (including phenoxy) is 4. The van der Waals surface area contributed by atoms with Crippen LogP contribution >= 0.6 is 31.9 Å². The summed E-state index contributed by atoms with van der Waals surface area (Å²) in [7, 11) is 4.33. The van der Waals surface area contributed by atoms with Crippen molar-refractivity contribution in [2.75, 3.05) is 26.6 Å². The fourth-order valence-electron chi connectivity index (χ4n) is 4.03. The average molecular weight is 756 g/mol. The molecule has 0 fully saturated rings. The highest BCUT2D eigenvalue weighted by Gasteiger charge is 2.19. The molecule has 236 valence electrons. The van der Waals surface area contributed by atoms with Crippen LogP contribution in [0.3, 0.4) is 0 Å². The lowest BCUT2D eigenvalue weighted by Gasteiger charge is -2.14. The van der Waals surface area contributed by atoms with Gasteiger partial charge in [0.05, 0.1) is 42.5 Å². The summed E-state index contributed by atoms with van der Waals surface area (Å²) in [5.74, 6) is -0.780. The number of nitro benzene ring substituents is 1. The van der Waals surface area contributed by atoms with E-state index in [4.69, 9.17) is 18.9 Å². The quantitative estimate of drug-likeness (QED) is 0.0580. The maximum atomic E-state index is 13.0. The number of non-ortho nitro benzene ring substituents is 1. The second-order valence-corrected chi connectivity index (χ2v) is 10.9. The van der Waals surface area contributed by atoms with Crippen LogP contribution in [0.2, 0.25) is 0 Å². The first kappa shape index (κ1) is 33.6. The number of benzene rings is 4. The lowest BCUT2D eigenvalue weighted by molar-refractivity contribution is -0.384. The molecule has 2 amide bonds. The summed E-state index contributed by atoms with van der Waals surface area (Å²) in [4.78, 5) is 49.0. The van der Waals surface area contributed by atoms with Gasteiger partial charge in [-0.2, -0.15) is 5.10 Å². The van der Waals surface area contributed by atoms with Gasteiger partial charge in [-0.1, -0.05) is 22.0 Å². The summed E-state index contributed by atoms with van der Waals surface area (Å²) in [6.07, 6.45) is 1.28. The van der Waals surface area contributed by atoms with Crippen molar-refractivity contribution in [2.24, 2.45) is 5.10 Å². The number of carbonyl (C=O) groups excluding carboxylic acids is 3. The number of amides is 2. The maximum absolute atomic E-state index is 13.0. The van der Waals surface area contributed by atoms with E-state index in [0.29, 0.717) is 37.4 Å². The number of halogens is 2. The molecule has 4 aromatic rings. The first-order valence-electron chi connectivity index (χ1n) is 13.0. The topological polar surface area (TPSA) is 168 Å². The number of hydrogen-bond donors (Lipinski definition) is 2. The normalized spacial score (nSPS) is 10.6. The van der Waals surface area contributed by atoms with Crippen LogP contribution in [0.25, 0.3) is 0 Å². The highest BCUT2D eigenvalue weighted by molar-refractivity contribution is 9.11. The third-order valence-corrected chi connectivity index (χ3v) is 7.27. The summed E-state index contributed by atoms with van der Waals surface area (Å²) < 4.78 is 22.5. The van der Waals surface area contributed by atoms with Gasteiger partial charge in [-0.15, -0.1) is 0 Å². The predicted molar refractivity (Wildman–Crippen MR) is 175 cm³/mol. The predicted octanol–water partition coefficient (Wildman–Crippen LogP) is 6.38. The van der Waals surface area contributed by atoms with Crippen molar-refractivity contribution >= 4 is 67.2 Å². The summed E-state index contributed by atoms with van der Waals surface area (Å²) in [6, 6.07) is 17.4. The van der Waals surface area contributed by atoms with Gasteiger partial charge in [-0.05, 0) is 70.5 Å². The fourth-order valence-corrected chi connectivity index (χ4v) is 5.37. The van der Waals surface area contributed by atoms with Crippen molar-refractivity contribution in [1.29, 1.82) is 0 Å². The number of rotatable bonds is 11. The minimum Gasteiger partial charge on any atom is -0.493 e. The number of hydrazone groups is 1. The van der Waals surface area contributed by atoms with E-state index in [1.165, 1.54) is 76.1 Å².